The maximum atomic E-state index is 12.1. The Morgan fingerprint density at radius 1 is 1.17 bits per heavy atom. The molecule has 1 amide bonds. The summed E-state index contributed by atoms with van der Waals surface area (Å²) in [7, 11) is 0. The molecule has 152 valence electrons. The second kappa shape index (κ2) is 7.30. The minimum Gasteiger partial charge on any atom is -0.361 e. The monoisotopic (exact) mass is 393 g/mol. The van der Waals surface area contributed by atoms with E-state index < -0.39 is 0 Å². The number of imidazole rings is 1. The SMILES string of the molecule is Cc1noc(C)c1-c1ccc2c(c1)nc([C@@H]1CCCC(=O)N1)n2C1CCNCC1. The van der Waals surface area contributed by atoms with Gasteiger partial charge in [-0.25, -0.2) is 4.98 Å². The van der Waals surface area contributed by atoms with Crippen molar-refractivity contribution in [1.29, 1.82) is 0 Å². The highest BCUT2D eigenvalue weighted by atomic mass is 16.5. The van der Waals surface area contributed by atoms with E-state index in [2.05, 4.69) is 38.6 Å². The van der Waals surface area contributed by atoms with Crippen LogP contribution in [0.5, 0.6) is 0 Å². The van der Waals surface area contributed by atoms with Crippen LogP contribution < -0.4 is 10.6 Å². The van der Waals surface area contributed by atoms with Gasteiger partial charge in [0.1, 0.15) is 11.6 Å². The van der Waals surface area contributed by atoms with Crippen LogP contribution in [0.25, 0.3) is 22.2 Å². The summed E-state index contributed by atoms with van der Waals surface area (Å²) >= 11 is 0. The first-order chi connectivity index (χ1) is 14.1. The van der Waals surface area contributed by atoms with Crippen LogP contribution in [0.4, 0.5) is 0 Å². The molecule has 3 aromatic rings. The average molecular weight is 393 g/mol. The predicted molar refractivity (Wildman–Crippen MR) is 111 cm³/mol. The maximum absolute atomic E-state index is 12.1. The van der Waals surface area contributed by atoms with Crippen molar-refractivity contribution in [2.75, 3.05) is 13.1 Å². The summed E-state index contributed by atoms with van der Waals surface area (Å²) in [6.07, 6.45) is 4.61. The Labute approximate surface area is 169 Å². The quantitative estimate of drug-likeness (QED) is 0.711. The van der Waals surface area contributed by atoms with Gasteiger partial charge in [0, 0.05) is 18.0 Å². The zero-order chi connectivity index (χ0) is 20.0. The van der Waals surface area contributed by atoms with E-state index in [1.165, 1.54) is 0 Å². The lowest BCUT2D eigenvalue weighted by atomic mass is 10.0. The number of aryl methyl sites for hydroxylation is 2. The standard InChI is InChI=1S/C22H27N5O2/c1-13-21(14(2)29-26-13)15-6-7-19-18(12-15)25-22(17-4-3-5-20(28)24-17)27(19)16-8-10-23-11-9-16/h6-7,12,16-17,23H,3-5,8-11H2,1-2H3,(H,24,28)/t17-/m0/s1. The summed E-state index contributed by atoms with van der Waals surface area (Å²) in [5.74, 6) is 1.94. The fourth-order valence-corrected chi connectivity index (χ4v) is 4.86. The molecule has 2 saturated heterocycles. The van der Waals surface area contributed by atoms with Crippen LogP contribution in [0, 0.1) is 13.8 Å². The number of benzene rings is 1. The van der Waals surface area contributed by atoms with Gasteiger partial charge in [-0.3, -0.25) is 4.79 Å². The first-order valence-corrected chi connectivity index (χ1v) is 10.6. The molecule has 2 aliphatic rings. The van der Waals surface area contributed by atoms with E-state index in [4.69, 9.17) is 9.51 Å². The number of nitrogens with one attached hydrogen (secondary N) is 2. The van der Waals surface area contributed by atoms with Crippen molar-refractivity contribution in [3.63, 3.8) is 0 Å². The summed E-state index contributed by atoms with van der Waals surface area (Å²) in [5, 5.41) is 10.7. The smallest absolute Gasteiger partial charge is 0.220 e. The summed E-state index contributed by atoms with van der Waals surface area (Å²) in [6.45, 7) is 5.93. The fourth-order valence-electron chi connectivity index (χ4n) is 4.86. The van der Waals surface area contributed by atoms with E-state index in [1.54, 1.807) is 0 Å². The Bertz CT molecular complexity index is 1040. The number of carbonyl (C=O) groups excluding carboxylic acids is 1. The summed E-state index contributed by atoms with van der Waals surface area (Å²) in [5.41, 5.74) is 5.11. The van der Waals surface area contributed by atoms with E-state index in [1.807, 2.05) is 13.8 Å². The van der Waals surface area contributed by atoms with Gasteiger partial charge >= 0.3 is 0 Å². The summed E-state index contributed by atoms with van der Waals surface area (Å²) in [4.78, 5) is 17.1. The van der Waals surface area contributed by atoms with Gasteiger partial charge in [-0.05, 0) is 70.3 Å². The third-order valence-electron chi connectivity index (χ3n) is 6.26. The molecule has 4 heterocycles. The Morgan fingerprint density at radius 2 is 2.00 bits per heavy atom. The van der Waals surface area contributed by atoms with Gasteiger partial charge < -0.3 is 19.7 Å². The molecule has 7 nitrogen and oxygen atoms in total. The summed E-state index contributed by atoms with van der Waals surface area (Å²) in [6, 6.07) is 6.83. The van der Waals surface area contributed by atoms with Gasteiger partial charge in [-0.15, -0.1) is 0 Å². The van der Waals surface area contributed by atoms with Crippen molar-refractivity contribution in [1.82, 2.24) is 25.3 Å². The topological polar surface area (TPSA) is 85.0 Å². The Morgan fingerprint density at radius 3 is 2.72 bits per heavy atom. The molecule has 0 unspecified atom stereocenters. The van der Waals surface area contributed by atoms with E-state index >= 15 is 0 Å². The molecule has 2 aromatic heterocycles. The van der Waals surface area contributed by atoms with E-state index in [0.29, 0.717) is 12.5 Å². The molecule has 0 spiro atoms. The van der Waals surface area contributed by atoms with Crippen LogP contribution in [-0.4, -0.2) is 33.7 Å². The van der Waals surface area contributed by atoms with Gasteiger partial charge in [0.15, 0.2) is 0 Å². The molecule has 1 aromatic carbocycles. The predicted octanol–water partition coefficient (Wildman–Crippen LogP) is 3.57. The molecule has 0 bridgehead atoms. The molecule has 7 heteroatoms. The van der Waals surface area contributed by atoms with E-state index in [0.717, 1.165) is 78.2 Å². The lowest BCUT2D eigenvalue weighted by molar-refractivity contribution is -0.123. The molecular weight excluding hydrogens is 366 g/mol. The van der Waals surface area contributed by atoms with Crippen LogP contribution >= 0.6 is 0 Å². The zero-order valence-electron chi connectivity index (χ0n) is 17.0. The van der Waals surface area contributed by atoms with E-state index in [9.17, 15) is 4.79 Å². The molecule has 2 aliphatic heterocycles. The third-order valence-corrected chi connectivity index (χ3v) is 6.26. The first kappa shape index (κ1) is 18.4. The molecule has 0 aliphatic carbocycles. The van der Waals surface area contributed by atoms with Crippen molar-refractivity contribution < 1.29 is 9.32 Å². The second-order valence-corrected chi connectivity index (χ2v) is 8.24. The number of rotatable bonds is 3. The minimum absolute atomic E-state index is 0.0129. The highest BCUT2D eigenvalue weighted by Crippen LogP contribution is 2.35. The van der Waals surface area contributed by atoms with Crippen LogP contribution in [0.1, 0.15) is 61.5 Å². The van der Waals surface area contributed by atoms with Gasteiger partial charge in [-0.2, -0.15) is 0 Å². The van der Waals surface area contributed by atoms with Crippen molar-refractivity contribution in [3.05, 3.63) is 35.5 Å². The number of hydrogen-bond donors (Lipinski definition) is 2. The molecule has 2 fully saturated rings. The number of aromatic nitrogens is 3. The van der Waals surface area contributed by atoms with Gasteiger partial charge in [-0.1, -0.05) is 11.2 Å². The Kier molecular flexibility index (Phi) is 4.62. The molecule has 1 atom stereocenters. The number of nitrogens with zero attached hydrogens (tertiary/aromatic N) is 3. The third kappa shape index (κ3) is 3.23. The average Bonchev–Trinajstić information content (AvgIpc) is 3.28. The molecule has 5 rings (SSSR count). The lowest BCUT2D eigenvalue weighted by Gasteiger charge is -2.30. The zero-order valence-corrected chi connectivity index (χ0v) is 17.0. The van der Waals surface area contributed by atoms with Gasteiger partial charge in [0.25, 0.3) is 0 Å². The number of fused-ring (bicyclic) bond motifs is 1. The maximum Gasteiger partial charge on any atom is 0.220 e. The van der Waals surface area contributed by atoms with Gasteiger partial charge in [0.2, 0.25) is 5.91 Å². The summed E-state index contributed by atoms with van der Waals surface area (Å²) < 4.78 is 7.76. The lowest BCUT2D eigenvalue weighted by Crippen LogP contribution is -2.36. The van der Waals surface area contributed by atoms with Crippen LogP contribution in [0.15, 0.2) is 22.7 Å². The van der Waals surface area contributed by atoms with Crippen molar-refractivity contribution in [3.8, 4) is 11.1 Å². The van der Waals surface area contributed by atoms with Crippen LogP contribution in [0.2, 0.25) is 0 Å². The molecule has 2 N–H and O–H groups in total. The van der Waals surface area contributed by atoms with Crippen molar-refractivity contribution in [2.45, 2.75) is 58.0 Å². The minimum atomic E-state index is -0.0129. The fraction of sp³-hybridized carbons (Fsp3) is 0.500. The highest BCUT2D eigenvalue weighted by molar-refractivity contribution is 5.84. The Balaban J connectivity index is 1.64. The molecule has 0 saturated carbocycles. The highest BCUT2D eigenvalue weighted by Gasteiger charge is 2.29. The number of piperidine rings is 2. The second-order valence-electron chi connectivity index (χ2n) is 8.24. The van der Waals surface area contributed by atoms with Crippen molar-refractivity contribution in [2.24, 2.45) is 0 Å². The van der Waals surface area contributed by atoms with E-state index in [-0.39, 0.29) is 11.9 Å². The molecule has 29 heavy (non-hydrogen) atoms. The number of carbonyl (C=O) groups is 1. The van der Waals surface area contributed by atoms with Gasteiger partial charge in [0.05, 0.1) is 22.8 Å². The number of hydrogen-bond acceptors (Lipinski definition) is 5. The molecule has 0 radical (unpaired) electrons. The van der Waals surface area contributed by atoms with Crippen LogP contribution in [-0.2, 0) is 4.79 Å². The normalized spacial score (nSPS) is 20.9. The van der Waals surface area contributed by atoms with Crippen molar-refractivity contribution >= 4 is 16.9 Å². The Hall–Kier alpha value is -2.67. The van der Waals surface area contributed by atoms with Crippen LogP contribution in [0.3, 0.4) is 0 Å². The largest absolute Gasteiger partial charge is 0.361 e. The first-order valence-electron chi connectivity index (χ1n) is 10.6. The number of amides is 1. The molecular formula is C22H27N5O2.